The zero-order chi connectivity index (χ0) is 11.4. The van der Waals surface area contributed by atoms with Gasteiger partial charge in [-0.3, -0.25) is 4.79 Å². The van der Waals surface area contributed by atoms with Crippen molar-refractivity contribution in [3.05, 3.63) is 0 Å². The zero-order valence-corrected chi connectivity index (χ0v) is 9.19. The van der Waals surface area contributed by atoms with Crippen LogP contribution in [-0.4, -0.2) is 41.6 Å². The van der Waals surface area contributed by atoms with Crippen molar-refractivity contribution in [2.45, 2.75) is 32.2 Å². The Balaban J connectivity index is 2.43. The molecular formula is C10H18N2O3. The van der Waals surface area contributed by atoms with Crippen molar-refractivity contribution in [3.8, 4) is 0 Å². The lowest BCUT2D eigenvalue weighted by molar-refractivity contribution is -0.137. The molecule has 0 radical (unpaired) electrons. The molecule has 1 fully saturated rings. The van der Waals surface area contributed by atoms with Crippen LogP contribution in [0.15, 0.2) is 0 Å². The quantitative estimate of drug-likeness (QED) is 0.714. The van der Waals surface area contributed by atoms with Crippen LogP contribution in [0.5, 0.6) is 0 Å². The Morgan fingerprint density at radius 3 is 2.53 bits per heavy atom. The van der Waals surface area contributed by atoms with Crippen molar-refractivity contribution in [3.63, 3.8) is 0 Å². The number of carbonyl (C=O) groups is 2. The summed E-state index contributed by atoms with van der Waals surface area (Å²) in [7, 11) is 1.69. The summed E-state index contributed by atoms with van der Waals surface area (Å²) in [5.74, 6) is -0.498. The lowest BCUT2D eigenvalue weighted by Crippen LogP contribution is -2.44. The van der Waals surface area contributed by atoms with Gasteiger partial charge in [-0.1, -0.05) is 0 Å². The molecule has 86 valence electrons. The largest absolute Gasteiger partial charge is 0.481 e. The smallest absolute Gasteiger partial charge is 0.317 e. The highest BCUT2D eigenvalue weighted by Gasteiger charge is 2.34. The third kappa shape index (κ3) is 3.77. The average molecular weight is 214 g/mol. The summed E-state index contributed by atoms with van der Waals surface area (Å²) in [6.45, 7) is 2.50. The van der Waals surface area contributed by atoms with Crippen LogP contribution in [0, 0.1) is 5.92 Å². The molecule has 0 aromatic rings. The number of aliphatic carboxylic acids is 1. The highest BCUT2D eigenvalue weighted by molar-refractivity contribution is 5.75. The van der Waals surface area contributed by atoms with Gasteiger partial charge in [0.15, 0.2) is 0 Å². The molecule has 5 heteroatoms. The van der Waals surface area contributed by atoms with Gasteiger partial charge in [0.2, 0.25) is 0 Å². The van der Waals surface area contributed by atoms with Gasteiger partial charge < -0.3 is 15.3 Å². The molecule has 0 aromatic heterocycles. The summed E-state index contributed by atoms with van der Waals surface area (Å²) in [5.41, 5.74) is 0. The van der Waals surface area contributed by atoms with Crippen LogP contribution in [0.4, 0.5) is 4.79 Å². The Labute approximate surface area is 89.4 Å². The molecule has 0 aliphatic heterocycles. The van der Waals surface area contributed by atoms with Gasteiger partial charge in [-0.2, -0.15) is 0 Å². The highest BCUT2D eigenvalue weighted by atomic mass is 16.4. The second-order valence-electron chi connectivity index (χ2n) is 4.01. The second kappa shape index (κ2) is 5.00. The van der Waals surface area contributed by atoms with Crippen molar-refractivity contribution >= 4 is 12.0 Å². The first-order valence-corrected chi connectivity index (χ1v) is 5.28. The second-order valence-corrected chi connectivity index (χ2v) is 4.01. The molecule has 1 aliphatic carbocycles. The first-order valence-electron chi connectivity index (χ1n) is 5.28. The number of carboxylic acid groups (broad SMARTS) is 1. The molecule has 1 rings (SSSR count). The van der Waals surface area contributed by atoms with E-state index in [1.54, 1.807) is 7.05 Å². The van der Waals surface area contributed by atoms with E-state index in [4.69, 9.17) is 5.11 Å². The number of nitrogens with zero attached hydrogens (tertiary/aromatic N) is 1. The molecule has 0 saturated heterocycles. The van der Waals surface area contributed by atoms with E-state index < -0.39 is 5.97 Å². The van der Waals surface area contributed by atoms with E-state index >= 15 is 0 Å². The Bertz CT molecular complexity index is 251. The van der Waals surface area contributed by atoms with E-state index in [9.17, 15) is 9.59 Å². The van der Waals surface area contributed by atoms with Crippen LogP contribution in [0.25, 0.3) is 0 Å². The lowest BCUT2D eigenvalue weighted by atomic mass is 10.1. The van der Waals surface area contributed by atoms with Crippen LogP contribution in [-0.2, 0) is 4.79 Å². The number of hydrogen-bond acceptors (Lipinski definition) is 2. The molecule has 2 amide bonds. The number of nitrogens with one attached hydrogen (secondary N) is 1. The van der Waals surface area contributed by atoms with Gasteiger partial charge in [-0.15, -0.1) is 0 Å². The van der Waals surface area contributed by atoms with Crippen molar-refractivity contribution in [2.24, 2.45) is 5.92 Å². The maximum absolute atomic E-state index is 11.5. The Morgan fingerprint density at radius 2 is 2.13 bits per heavy atom. The van der Waals surface area contributed by atoms with Gasteiger partial charge >= 0.3 is 12.0 Å². The lowest BCUT2D eigenvalue weighted by Gasteiger charge is -2.21. The van der Waals surface area contributed by atoms with E-state index in [0.29, 0.717) is 12.5 Å². The predicted octanol–water partition coefficient (Wildman–Crippen LogP) is 0.901. The molecule has 0 heterocycles. The number of urea groups is 1. The molecule has 0 bridgehead atoms. The standard InChI is InChI=1S/C10H18N2O3/c1-3-12(2)10(15)11-8(6-9(13)14)7-4-5-7/h7-8H,3-6H2,1-2H3,(H,11,15)(H,13,14). The molecule has 0 spiro atoms. The molecule has 1 saturated carbocycles. The first kappa shape index (κ1) is 11.8. The molecular weight excluding hydrogens is 196 g/mol. The average Bonchev–Trinajstić information content (AvgIpc) is 2.97. The van der Waals surface area contributed by atoms with Gasteiger partial charge in [0, 0.05) is 19.6 Å². The molecule has 15 heavy (non-hydrogen) atoms. The van der Waals surface area contributed by atoms with Crippen LogP contribution in [0.3, 0.4) is 0 Å². The van der Waals surface area contributed by atoms with Crippen molar-refractivity contribution in [2.75, 3.05) is 13.6 Å². The SMILES string of the molecule is CCN(C)C(=O)NC(CC(=O)O)C1CC1. The van der Waals surface area contributed by atoms with E-state index in [-0.39, 0.29) is 18.5 Å². The summed E-state index contributed by atoms with van der Waals surface area (Å²) in [6, 6.07) is -0.389. The van der Waals surface area contributed by atoms with Crippen molar-refractivity contribution in [1.82, 2.24) is 10.2 Å². The van der Waals surface area contributed by atoms with Crippen molar-refractivity contribution < 1.29 is 14.7 Å². The molecule has 1 aliphatic rings. The number of hydrogen-bond donors (Lipinski definition) is 2. The monoisotopic (exact) mass is 214 g/mol. The third-order valence-electron chi connectivity index (χ3n) is 2.72. The maximum Gasteiger partial charge on any atom is 0.317 e. The summed E-state index contributed by atoms with van der Waals surface area (Å²) >= 11 is 0. The normalized spacial score (nSPS) is 16.9. The number of rotatable bonds is 5. The minimum atomic E-state index is -0.855. The van der Waals surface area contributed by atoms with E-state index in [0.717, 1.165) is 12.8 Å². The molecule has 0 aromatic carbocycles. The summed E-state index contributed by atoms with van der Waals surface area (Å²) in [4.78, 5) is 23.7. The van der Waals surface area contributed by atoms with Gasteiger partial charge in [-0.05, 0) is 25.7 Å². The van der Waals surface area contributed by atoms with Crippen molar-refractivity contribution in [1.29, 1.82) is 0 Å². The predicted molar refractivity (Wildman–Crippen MR) is 55.6 cm³/mol. The van der Waals surface area contributed by atoms with Crippen LogP contribution >= 0.6 is 0 Å². The summed E-state index contributed by atoms with van der Waals surface area (Å²) < 4.78 is 0. The minimum absolute atomic E-state index is 0.0218. The maximum atomic E-state index is 11.5. The summed E-state index contributed by atoms with van der Waals surface area (Å²) in [5, 5.41) is 11.5. The Morgan fingerprint density at radius 1 is 1.53 bits per heavy atom. The van der Waals surface area contributed by atoms with Crippen LogP contribution in [0.2, 0.25) is 0 Å². The van der Waals surface area contributed by atoms with Gasteiger partial charge in [0.1, 0.15) is 0 Å². The van der Waals surface area contributed by atoms with E-state index in [2.05, 4.69) is 5.32 Å². The number of carboxylic acids is 1. The molecule has 5 nitrogen and oxygen atoms in total. The summed E-state index contributed by atoms with van der Waals surface area (Å²) in [6.07, 6.45) is 2.07. The minimum Gasteiger partial charge on any atom is -0.481 e. The topological polar surface area (TPSA) is 69.6 Å². The highest BCUT2D eigenvalue weighted by Crippen LogP contribution is 2.34. The fourth-order valence-corrected chi connectivity index (χ4v) is 1.43. The molecule has 1 unspecified atom stereocenters. The third-order valence-corrected chi connectivity index (χ3v) is 2.72. The van der Waals surface area contributed by atoms with Gasteiger partial charge in [-0.25, -0.2) is 4.79 Å². The van der Waals surface area contributed by atoms with Gasteiger partial charge in [0.25, 0.3) is 0 Å². The molecule has 1 atom stereocenters. The van der Waals surface area contributed by atoms with Crippen LogP contribution < -0.4 is 5.32 Å². The Kier molecular flexibility index (Phi) is 3.94. The Hall–Kier alpha value is -1.26. The van der Waals surface area contributed by atoms with Crippen LogP contribution in [0.1, 0.15) is 26.2 Å². The fourth-order valence-electron chi connectivity index (χ4n) is 1.43. The van der Waals surface area contributed by atoms with Gasteiger partial charge in [0.05, 0.1) is 6.42 Å². The van der Waals surface area contributed by atoms with E-state index in [1.165, 1.54) is 4.90 Å². The fraction of sp³-hybridized carbons (Fsp3) is 0.800. The number of amides is 2. The molecule has 2 N–H and O–H groups in total. The van der Waals surface area contributed by atoms with E-state index in [1.807, 2.05) is 6.92 Å². The first-order chi connectivity index (χ1) is 7.04. The zero-order valence-electron chi connectivity index (χ0n) is 9.19. The number of carbonyl (C=O) groups excluding carboxylic acids is 1.